The molecule has 1 aliphatic rings. The molecule has 0 radical (unpaired) electrons. The molecule has 0 unspecified atom stereocenters. The summed E-state index contributed by atoms with van der Waals surface area (Å²) in [5.41, 5.74) is 5.16. The Kier molecular flexibility index (Phi) is 5.74. The Labute approximate surface area is 178 Å². The third kappa shape index (κ3) is 3.95. The van der Waals surface area contributed by atoms with Crippen LogP contribution in [0.5, 0.6) is 0 Å². The zero-order valence-corrected chi connectivity index (χ0v) is 18.0. The highest BCUT2D eigenvalue weighted by molar-refractivity contribution is 9.10. The van der Waals surface area contributed by atoms with Crippen molar-refractivity contribution in [2.24, 2.45) is 0 Å². The summed E-state index contributed by atoms with van der Waals surface area (Å²) in [6, 6.07) is 14.1. The molecule has 0 spiro atoms. The molecule has 1 aliphatic heterocycles. The van der Waals surface area contributed by atoms with Crippen LogP contribution in [-0.4, -0.2) is 42.1 Å². The Balaban J connectivity index is 1.76. The van der Waals surface area contributed by atoms with Gasteiger partial charge >= 0.3 is 0 Å². The van der Waals surface area contributed by atoms with E-state index in [1.807, 2.05) is 41.3 Å². The van der Waals surface area contributed by atoms with Crippen molar-refractivity contribution >= 4 is 44.1 Å². The van der Waals surface area contributed by atoms with Crippen molar-refractivity contribution in [3.63, 3.8) is 0 Å². The van der Waals surface area contributed by atoms with Crippen LogP contribution in [0.15, 0.2) is 53.5 Å². The molecule has 0 aliphatic carbocycles. The fourth-order valence-electron chi connectivity index (χ4n) is 3.72. The number of rotatable bonds is 5. The first kappa shape index (κ1) is 19.7. The third-order valence-corrected chi connectivity index (χ3v) is 5.75. The van der Waals surface area contributed by atoms with E-state index in [2.05, 4.69) is 45.8 Å². The van der Waals surface area contributed by atoms with E-state index in [9.17, 15) is 4.79 Å². The molecule has 5 nitrogen and oxygen atoms in total. The lowest BCUT2D eigenvalue weighted by atomic mass is 10.1. The summed E-state index contributed by atoms with van der Waals surface area (Å²) in [6.07, 6.45) is 0.912. The predicted octanol–water partition coefficient (Wildman–Crippen LogP) is 5.05. The van der Waals surface area contributed by atoms with Crippen LogP contribution in [-0.2, 0) is 11.2 Å². The van der Waals surface area contributed by atoms with Crippen molar-refractivity contribution in [3.8, 4) is 0 Å². The molecule has 0 saturated carbocycles. The van der Waals surface area contributed by atoms with Crippen LogP contribution in [0, 0.1) is 0 Å². The second-order valence-corrected chi connectivity index (χ2v) is 8.00. The minimum atomic E-state index is 0.00333. The quantitative estimate of drug-likeness (QED) is 0.568. The molecule has 2 aromatic carbocycles. The van der Waals surface area contributed by atoms with Gasteiger partial charge in [0.2, 0.25) is 0 Å². The highest BCUT2D eigenvalue weighted by atomic mass is 79.9. The number of aromatic amines is 1. The standard InChI is InChI=1S/C23H24BrN3O2/c1-3-16-6-4-5-7-19(16)25-15(2)22-21(23(28)27-10-12-29-13-11-27)18-9-8-17(24)14-20(18)26-22/h4-9,14,25-26H,2-3,10-13H2,1H3. The number of morpholine rings is 1. The zero-order chi connectivity index (χ0) is 20.4. The molecular weight excluding hydrogens is 430 g/mol. The molecule has 29 heavy (non-hydrogen) atoms. The van der Waals surface area contributed by atoms with Gasteiger partial charge in [-0.15, -0.1) is 0 Å². The van der Waals surface area contributed by atoms with Crippen LogP contribution >= 0.6 is 15.9 Å². The van der Waals surface area contributed by atoms with Crippen LogP contribution in [0.3, 0.4) is 0 Å². The molecule has 0 bridgehead atoms. The number of anilines is 1. The Bertz CT molecular complexity index is 1070. The van der Waals surface area contributed by atoms with Crippen molar-refractivity contribution < 1.29 is 9.53 Å². The van der Waals surface area contributed by atoms with Gasteiger partial charge in [-0.05, 0) is 30.2 Å². The van der Waals surface area contributed by atoms with E-state index in [1.165, 1.54) is 5.56 Å². The fourth-order valence-corrected chi connectivity index (χ4v) is 4.08. The molecule has 1 amide bonds. The Morgan fingerprint density at radius 2 is 2.00 bits per heavy atom. The average Bonchev–Trinajstić information content (AvgIpc) is 3.12. The van der Waals surface area contributed by atoms with Gasteiger partial charge in [0.25, 0.3) is 5.91 Å². The van der Waals surface area contributed by atoms with Gasteiger partial charge in [-0.2, -0.15) is 0 Å². The molecular formula is C23H24BrN3O2. The van der Waals surface area contributed by atoms with Gasteiger partial charge in [0.05, 0.1) is 30.2 Å². The number of benzene rings is 2. The van der Waals surface area contributed by atoms with E-state index in [-0.39, 0.29) is 5.91 Å². The number of fused-ring (bicyclic) bond motifs is 1. The van der Waals surface area contributed by atoms with Crippen LogP contribution < -0.4 is 5.32 Å². The number of aryl methyl sites for hydroxylation is 1. The SMILES string of the molecule is C=C(Nc1ccccc1CC)c1[nH]c2cc(Br)ccc2c1C(=O)N1CCOCC1. The highest BCUT2D eigenvalue weighted by Crippen LogP contribution is 2.31. The van der Waals surface area contributed by atoms with Gasteiger partial charge in [-0.1, -0.05) is 53.7 Å². The van der Waals surface area contributed by atoms with Crippen molar-refractivity contribution in [2.75, 3.05) is 31.6 Å². The monoisotopic (exact) mass is 453 g/mol. The summed E-state index contributed by atoms with van der Waals surface area (Å²) in [6.45, 7) is 8.70. The number of nitrogens with zero attached hydrogens (tertiary/aromatic N) is 1. The van der Waals surface area contributed by atoms with E-state index in [0.29, 0.717) is 37.6 Å². The third-order valence-electron chi connectivity index (χ3n) is 5.26. The van der Waals surface area contributed by atoms with E-state index in [1.54, 1.807) is 0 Å². The molecule has 2 N–H and O–H groups in total. The van der Waals surface area contributed by atoms with Crippen molar-refractivity contribution in [1.29, 1.82) is 0 Å². The van der Waals surface area contributed by atoms with E-state index in [0.717, 1.165) is 33.2 Å². The highest BCUT2D eigenvalue weighted by Gasteiger charge is 2.26. The second kappa shape index (κ2) is 8.43. The largest absolute Gasteiger partial charge is 0.378 e. The van der Waals surface area contributed by atoms with Crippen molar-refractivity contribution in [2.45, 2.75) is 13.3 Å². The van der Waals surface area contributed by atoms with Crippen LogP contribution in [0.4, 0.5) is 5.69 Å². The van der Waals surface area contributed by atoms with Gasteiger partial charge in [-0.25, -0.2) is 0 Å². The summed E-state index contributed by atoms with van der Waals surface area (Å²) in [5.74, 6) is 0.00333. The summed E-state index contributed by atoms with van der Waals surface area (Å²) >= 11 is 3.52. The van der Waals surface area contributed by atoms with Gasteiger partial charge in [-0.3, -0.25) is 4.79 Å². The summed E-state index contributed by atoms with van der Waals surface area (Å²) in [4.78, 5) is 18.7. The number of carbonyl (C=O) groups excluding carboxylic acids is 1. The summed E-state index contributed by atoms with van der Waals surface area (Å²) < 4.78 is 6.37. The number of hydrogen-bond donors (Lipinski definition) is 2. The Morgan fingerprint density at radius 1 is 1.24 bits per heavy atom. The number of halogens is 1. The van der Waals surface area contributed by atoms with E-state index in [4.69, 9.17) is 4.74 Å². The molecule has 150 valence electrons. The number of hydrogen-bond acceptors (Lipinski definition) is 3. The van der Waals surface area contributed by atoms with Crippen LogP contribution in [0.25, 0.3) is 16.6 Å². The molecule has 4 rings (SSSR count). The van der Waals surface area contributed by atoms with E-state index < -0.39 is 0 Å². The first-order chi connectivity index (χ1) is 14.1. The maximum absolute atomic E-state index is 13.4. The van der Waals surface area contributed by atoms with Crippen molar-refractivity contribution in [1.82, 2.24) is 9.88 Å². The van der Waals surface area contributed by atoms with Gasteiger partial charge in [0.15, 0.2) is 0 Å². The number of H-pyrrole nitrogens is 1. The van der Waals surface area contributed by atoms with Crippen molar-refractivity contribution in [3.05, 3.63) is 70.3 Å². The lowest BCUT2D eigenvalue weighted by Crippen LogP contribution is -2.41. The second-order valence-electron chi connectivity index (χ2n) is 7.08. The number of amides is 1. The minimum Gasteiger partial charge on any atom is -0.378 e. The lowest BCUT2D eigenvalue weighted by Gasteiger charge is -2.27. The maximum atomic E-state index is 13.4. The lowest BCUT2D eigenvalue weighted by molar-refractivity contribution is 0.0304. The topological polar surface area (TPSA) is 57.4 Å². The summed E-state index contributed by atoms with van der Waals surface area (Å²) in [5, 5.41) is 4.31. The predicted molar refractivity (Wildman–Crippen MR) is 121 cm³/mol. The minimum absolute atomic E-state index is 0.00333. The normalized spacial score (nSPS) is 14.2. The maximum Gasteiger partial charge on any atom is 0.256 e. The number of nitrogens with one attached hydrogen (secondary N) is 2. The first-order valence-corrected chi connectivity index (χ1v) is 10.6. The van der Waals surface area contributed by atoms with Gasteiger partial charge in [0, 0.05) is 34.2 Å². The smallest absolute Gasteiger partial charge is 0.256 e. The molecule has 2 heterocycles. The molecule has 0 atom stereocenters. The Hall–Kier alpha value is -2.57. The number of para-hydroxylation sites is 1. The molecule has 1 aromatic heterocycles. The van der Waals surface area contributed by atoms with Crippen LogP contribution in [0.1, 0.15) is 28.5 Å². The first-order valence-electron chi connectivity index (χ1n) is 9.81. The number of carbonyl (C=O) groups is 1. The molecule has 1 saturated heterocycles. The molecule has 3 aromatic rings. The molecule has 6 heteroatoms. The fraction of sp³-hybridized carbons (Fsp3) is 0.261. The van der Waals surface area contributed by atoms with Gasteiger partial charge < -0.3 is 19.9 Å². The van der Waals surface area contributed by atoms with Gasteiger partial charge in [0.1, 0.15) is 0 Å². The Morgan fingerprint density at radius 3 is 2.76 bits per heavy atom. The molecule has 1 fully saturated rings. The van der Waals surface area contributed by atoms with E-state index >= 15 is 0 Å². The van der Waals surface area contributed by atoms with Crippen LogP contribution in [0.2, 0.25) is 0 Å². The zero-order valence-electron chi connectivity index (χ0n) is 16.4. The average molecular weight is 454 g/mol. The summed E-state index contributed by atoms with van der Waals surface area (Å²) in [7, 11) is 0. The number of aromatic nitrogens is 1. The number of ether oxygens (including phenoxy) is 1.